The summed E-state index contributed by atoms with van der Waals surface area (Å²) in [5, 5.41) is 0. The van der Waals surface area contributed by atoms with Gasteiger partial charge in [0.2, 0.25) is 0 Å². The van der Waals surface area contributed by atoms with Gasteiger partial charge in [-0.1, -0.05) is 29.8 Å². The second-order valence-corrected chi connectivity index (χ2v) is 5.46. The normalized spacial score (nSPS) is 23.1. The van der Waals surface area contributed by atoms with E-state index in [4.69, 9.17) is 4.74 Å². The number of nitrogens with one attached hydrogen (secondary N) is 1. The summed E-state index contributed by atoms with van der Waals surface area (Å²) in [5.74, 6) is 0.0810. The zero-order valence-electron chi connectivity index (χ0n) is 11.9. The average Bonchev–Trinajstić information content (AvgIpc) is 2.39. The molecule has 1 heterocycles. The summed E-state index contributed by atoms with van der Waals surface area (Å²) in [5.41, 5.74) is 2.66. The number of carbonyl (C=O) groups is 1. The number of piperidine rings is 1. The van der Waals surface area contributed by atoms with Crippen molar-refractivity contribution in [2.24, 2.45) is 5.92 Å². The van der Waals surface area contributed by atoms with Crippen LogP contribution in [0.25, 0.3) is 0 Å². The number of quaternary nitrogens is 1. The first-order valence-corrected chi connectivity index (χ1v) is 7.24. The van der Waals surface area contributed by atoms with Crippen LogP contribution >= 0.6 is 0 Å². The summed E-state index contributed by atoms with van der Waals surface area (Å²) in [6, 6.07) is 8.64. The highest BCUT2D eigenvalue weighted by Crippen LogP contribution is 2.10. The smallest absolute Gasteiger partial charge is 0.314 e. The number of likely N-dealkylation sites (tertiary alicyclic amines) is 1. The Balaban J connectivity index is 1.92. The van der Waals surface area contributed by atoms with Gasteiger partial charge in [-0.05, 0) is 26.7 Å². The van der Waals surface area contributed by atoms with E-state index in [9.17, 15) is 4.79 Å². The molecule has 0 spiro atoms. The van der Waals surface area contributed by atoms with Gasteiger partial charge in [0, 0.05) is 5.56 Å². The third kappa shape index (κ3) is 4.06. The maximum absolute atomic E-state index is 11.8. The molecule has 1 aliphatic rings. The van der Waals surface area contributed by atoms with Crippen LogP contribution in [0, 0.1) is 12.8 Å². The van der Waals surface area contributed by atoms with Gasteiger partial charge in [-0.3, -0.25) is 4.79 Å². The van der Waals surface area contributed by atoms with E-state index in [1.54, 1.807) is 0 Å². The van der Waals surface area contributed by atoms with Gasteiger partial charge in [0.05, 0.1) is 19.7 Å². The van der Waals surface area contributed by atoms with E-state index >= 15 is 0 Å². The summed E-state index contributed by atoms with van der Waals surface area (Å²) in [4.78, 5) is 13.3. The summed E-state index contributed by atoms with van der Waals surface area (Å²) < 4.78 is 5.15. The monoisotopic (exact) mass is 262 g/mol. The van der Waals surface area contributed by atoms with Crippen LogP contribution in [-0.2, 0) is 16.1 Å². The lowest BCUT2D eigenvalue weighted by molar-refractivity contribution is -0.921. The lowest BCUT2D eigenvalue weighted by Crippen LogP contribution is -3.12. The minimum absolute atomic E-state index is 0.0102. The number of ether oxygens (including phenoxy) is 1. The number of hydrogen-bond donors (Lipinski definition) is 1. The van der Waals surface area contributed by atoms with Crippen molar-refractivity contribution in [3.05, 3.63) is 35.4 Å². The maximum atomic E-state index is 11.8. The van der Waals surface area contributed by atoms with Crippen LogP contribution in [0.15, 0.2) is 24.3 Å². The van der Waals surface area contributed by atoms with E-state index in [1.807, 2.05) is 6.92 Å². The van der Waals surface area contributed by atoms with Gasteiger partial charge in [0.15, 0.2) is 0 Å². The van der Waals surface area contributed by atoms with Crippen LogP contribution in [0.1, 0.15) is 30.9 Å². The molecule has 2 atom stereocenters. The second-order valence-electron chi connectivity index (χ2n) is 5.46. The fraction of sp³-hybridized carbons (Fsp3) is 0.562. The number of esters is 1. The van der Waals surface area contributed by atoms with Crippen LogP contribution in [0.2, 0.25) is 0 Å². The molecule has 1 fully saturated rings. The molecule has 2 rings (SSSR count). The minimum atomic E-state index is -0.0102. The predicted octanol–water partition coefficient (Wildman–Crippen LogP) is 1.35. The fourth-order valence-corrected chi connectivity index (χ4v) is 2.88. The molecule has 1 aromatic rings. The van der Waals surface area contributed by atoms with Gasteiger partial charge in [-0.2, -0.15) is 0 Å². The van der Waals surface area contributed by atoms with Crippen molar-refractivity contribution in [2.45, 2.75) is 33.2 Å². The number of carbonyl (C=O) groups excluding carboxylic acids is 1. The molecule has 104 valence electrons. The summed E-state index contributed by atoms with van der Waals surface area (Å²) in [6.07, 6.45) is 2.10. The Morgan fingerprint density at radius 3 is 3.05 bits per heavy atom. The molecule has 0 radical (unpaired) electrons. The lowest BCUT2D eigenvalue weighted by Gasteiger charge is -2.28. The van der Waals surface area contributed by atoms with Crippen molar-refractivity contribution >= 4 is 5.97 Å². The molecular weight excluding hydrogens is 238 g/mol. The van der Waals surface area contributed by atoms with Crippen LogP contribution < -0.4 is 4.90 Å². The third-order valence-electron chi connectivity index (χ3n) is 3.77. The van der Waals surface area contributed by atoms with E-state index < -0.39 is 0 Å². The van der Waals surface area contributed by atoms with E-state index in [0.717, 1.165) is 32.5 Å². The predicted molar refractivity (Wildman–Crippen MR) is 74.9 cm³/mol. The van der Waals surface area contributed by atoms with Crippen LogP contribution in [0.3, 0.4) is 0 Å². The first-order chi connectivity index (χ1) is 9.19. The highest BCUT2D eigenvalue weighted by Gasteiger charge is 2.29. The standard InChI is InChI=1S/C16H23NO2/c1-3-19-16(18)15-8-5-9-17(12-15)11-14-7-4-6-13(2)10-14/h4,6-7,10,15H,3,5,8-9,11-12H2,1-2H3/p+1/t15-/m0/s1. The van der Waals surface area contributed by atoms with E-state index in [2.05, 4.69) is 31.2 Å². The topological polar surface area (TPSA) is 30.7 Å². The Kier molecular flexibility index (Phi) is 4.97. The minimum Gasteiger partial charge on any atom is -0.466 e. The molecule has 1 saturated heterocycles. The highest BCUT2D eigenvalue weighted by atomic mass is 16.5. The molecule has 1 N–H and O–H groups in total. The molecule has 1 aromatic carbocycles. The first-order valence-electron chi connectivity index (χ1n) is 7.24. The van der Waals surface area contributed by atoms with Gasteiger partial charge in [0.25, 0.3) is 0 Å². The zero-order valence-corrected chi connectivity index (χ0v) is 11.9. The summed E-state index contributed by atoms with van der Waals surface area (Å²) >= 11 is 0. The highest BCUT2D eigenvalue weighted by molar-refractivity contribution is 5.72. The molecule has 1 aliphatic heterocycles. The van der Waals surface area contributed by atoms with Gasteiger partial charge < -0.3 is 9.64 Å². The van der Waals surface area contributed by atoms with Crippen molar-refractivity contribution in [3.8, 4) is 0 Å². The Hall–Kier alpha value is -1.35. The molecule has 0 bridgehead atoms. The summed E-state index contributed by atoms with van der Waals surface area (Å²) in [6.45, 7) is 7.56. The molecular formula is C16H24NO2+. The summed E-state index contributed by atoms with van der Waals surface area (Å²) in [7, 11) is 0. The SMILES string of the molecule is CCOC(=O)[C@H]1CCC[NH+](Cc2cccc(C)c2)C1. The van der Waals surface area contributed by atoms with E-state index in [0.29, 0.717) is 6.61 Å². The van der Waals surface area contributed by atoms with Crippen molar-refractivity contribution in [1.29, 1.82) is 0 Å². The Morgan fingerprint density at radius 1 is 1.47 bits per heavy atom. The van der Waals surface area contributed by atoms with Crippen LogP contribution in [0.4, 0.5) is 0 Å². The number of hydrogen-bond acceptors (Lipinski definition) is 2. The van der Waals surface area contributed by atoms with Gasteiger partial charge in [-0.15, -0.1) is 0 Å². The zero-order chi connectivity index (χ0) is 13.7. The Morgan fingerprint density at radius 2 is 2.32 bits per heavy atom. The lowest BCUT2D eigenvalue weighted by atomic mass is 9.97. The largest absolute Gasteiger partial charge is 0.466 e. The molecule has 0 saturated carbocycles. The van der Waals surface area contributed by atoms with E-state index in [1.165, 1.54) is 16.0 Å². The van der Waals surface area contributed by atoms with Crippen LogP contribution in [0.5, 0.6) is 0 Å². The average molecular weight is 262 g/mol. The van der Waals surface area contributed by atoms with Crippen LogP contribution in [-0.4, -0.2) is 25.7 Å². The molecule has 0 aromatic heterocycles. The second kappa shape index (κ2) is 6.71. The quantitative estimate of drug-likeness (QED) is 0.831. The fourth-order valence-electron chi connectivity index (χ4n) is 2.88. The van der Waals surface area contributed by atoms with Crippen molar-refractivity contribution in [3.63, 3.8) is 0 Å². The van der Waals surface area contributed by atoms with Crippen molar-refractivity contribution in [1.82, 2.24) is 0 Å². The Labute approximate surface area is 115 Å². The number of aryl methyl sites for hydroxylation is 1. The number of benzene rings is 1. The molecule has 19 heavy (non-hydrogen) atoms. The van der Waals surface area contributed by atoms with Gasteiger partial charge >= 0.3 is 5.97 Å². The van der Waals surface area contributed by atoms with Gasteiger partial charge in [-0.25, -0.2) is 0 Å². The molecule has 3 nitrogen and oxygen atoms in total. The molecule has 1 unspecified atom stereocenters. The van der Waals surface area contributed by atoms with E-state index in [-0.39, 0.29) is 11.9 Å². The third-order valence-corrected chi connectivity index (χ3v) is 3.77. The van der Waals surface area contributed by atoms with Gasteiger partial charge in [0.1, 0.15) is 12.5 Å². The molecule has 0 amide bonds. The van der Waals surface area contributed by atoms with Crippen molar-refractivity contribution in [2.75, 3.05) is 19.7 Å². The molecule has 0 aliphatic carbocycles. The Bertz CT molecular complexity index is 431. The molecule has 3 heteroatoms. The maximum Gasteiger partial charge on any atom is 0.314 e. The first kappa shape index (κ1) is 14.1. The van der Waals surface area contributed by atoms with Crippen molar-refractivity contribution < 1.29 is 14.4 Å². The number of rotatable bonds is 4.